The first-order chi connectivity index (χ1) is 14.1. The van der Waals surface area contributed by atoms with Crippen molar-refractivity contribution in [2.45, 2.75) is 37.8 Å². The minimum Gasteiger partial charge on any atom is -0.457 e. The Morgan fingerprint density at radius 1 is 1.07 bits per heavy atom. The first kappa shape index (κ1) is 18.9. The third-order valence-corrected chi connectivity index (χ3v) is 5.16. The number of fused-ring (bicyclic) bond motifs is 1. The molecule has 2 aromatic carbocycles. The molecule has 1 aromatic heterocycles. The Morgan fingerprint density at radius 2 is 1.83 bits per heavy atom. The van der Waals surface area contributed by atoms with Crippen LogP contribution in [-0.2, 0) is 0 Å². The molecule has 1 fully saturated rings. The summed E-state index contributed by atoms with van der Waals surface area (Å²) in [5.41, 5.74) is 1.59. The molecule has 2 atom stereocenters. The molecule has 1 aliphatic rings. The number of rotatable bonds is 4. The van der Waals surface area contributed by atoms with Crippen LogP contribution < -0.4 is 10.1 Å². The van der Waals surface area contributed by atoms with Crippen molar-refractivity contribution in [3.05, 3.63) is 65.9 Å². The lowest BCUT2D eigenvalue weighted by molar-refractivity contribution is 0.0714. The van der Waals surface area contributed by atoms with Crippen LogP contribution in [0.5, 0.6) is 11.5 Å². The predicted molar refractivity (Wildman–Crippen MR) is 109 cm³/mol. The smallest absolute Gasteiger partial charge is 0.270 e. The van der Waals surface area contributed by atoms with Crippen LogP contribution in [-0.4, -0.2) is 28.1 Å². The second-order valence-corrected chi connectivity index (χ2v) is 7.22. The quantitative estimate of drug-likeness (QED) is 0.707. The van der Waals surface area contributed by atoms with Crippen LogP contribution in [0.2, 0.25) is 0 Å². The van der Waals surface area contributed by atoms with Crippen LogP contribution in [0.15, 0.2) is 54.6 Å². The van der Waals surface area contributed by atoms with Crippen molar-refractivity contribution in [2.24, 2.45) is 0 Å². The van der Waals surface area contributed by atoms with E-state index in [1.54, 1.807) is 42.5 Å². The van der Waals surface area contributed by atoms with Crippen molar-refractivity contribution < 1.29 is 14.6 Å². The van der Waals surface area contributed by atoms with Gasteiger partial charge in [0, 0.05) is 5.39 Å². The molecule has 2 unspecified atom stereocenters. The van der Waals surface area contributed by atoms with Crippen molar-refractivity contribution in [3.63, 3.8) is 0 Å². The Balaban J connectivity index is 1.49. The molecule has 2 N–H and O–H groups in total. The van der Waals surface area contributed by atoms with Crippen molar-refractivity contribution in [2.75, 3.05) is 0 Å². The molecule has 0 radical (unpaired) electrons. The highest BCUT2D eigenvalue weighted by Crippen LogP contribution is 2.26. The average molecular weight is 387 g/mol. The molecular weight excluding hydrogens is 366 g/mol. The maximum absolute atomic E-state index is 12.5. The molecule has 1 aliphatic carbocycles. The van der Waals surface area contributed by atoms with Gasteiger partial charge in [0.15, 0.2) is 0 Å². The molecule has 0 aliphatic heterocycles. The third-order valence-electron chi connectivity index (χ3n) is 5.16. The molecule has 29 heavy (non-hydrogen) atoms. The van der Waals surface area contributed by atoms with Gasteiger partial charge in [-0.25, -0.2) is 4.98 Å². The van der Waals surface area contributed by atoms with E-state index in [0.717, 1.165) is 31.1 Å². The van der Waals surface area contributed by atoms with Gasteiger partial charge in [0.25, 0.3) is 5.91 Å². The second kappa shape index (κ2) is 8.29. The largest absolute Gasteiger partial charge is 0.457 e. The highest BCUT2D eigenvalue weighted by molar-refractivity contribution is 5.95. The summed E-state index contributed by atoms with van der Waals surface area (Å²) in [6, 6.07) is 17.7. The number of aliphatic hydroxyl groups is 1. The number of hydrogen-bond acceptors (Lipinski definition) is 5. The molecule has 1 heterocycles. The number of ether oxygens (including phenoxy) is 1. The molecule has 0 spiro atoms. The van der Waals surface area contributed by atoms with E-state index in [-0.39, 0.29) is 11.9 Å². The van der Waals surface area contributed by atoms with E-state index in [1.165, 1.54) is 0 Å². The van der Waals surface area contributed by atoms with Crippen molar-refractivity contribution in [1.82, 2.24) is 10.3 Å². The van der Waals surface area contributed by atoms with E-state index in [1.807, 2.05) is 12.1 Å². The van der Waals surface area contributed by atoms with Crippen LogP contribution in [0.3, 0.4) is 0 Å². The lowest BCUT2D eigenvalue weighted by Crippen LogP contribution is -2.45. The number of aliphatic hydroxyl groups excluding tert-OH is 1. The van der Waals surface area contributed by atoms with Gasteiger partial charge in [-0.1, -0.05) is 18.9 Å². The van der Waals surface area contributed by atoms with Gasteiger partial charge < -0.3 is 15.2 Å². The van der Waals surface area contributed by atoms with Gasteiger partial charge in [-0.3, -0.25) is 4.79 Å². The van der Waals surface area contributed by atoms with Crippen LogP contribution in [0.4, 0.5) is 0 Å². The van der Waals surface area contributed by atoms with Gasteiger partial charge in [0.1, 0.15) is 17.2 Å². The van der Waals surface area contributed by atoms with E-state index in [0.29, 0.717) is 28.3 Å². The van der Waals surface area contributed by atoms with E-state index in [4.69, 9.17) is 10.00 Å². The zero-order valence-corrected chi connectivity index (χ0v) is 15.8. The summed E-state index contributed by atoms with van der Waals surface area (Å²) in [4.78, 5) is 17.0. The molecule has 4 rings (SSSR count). The van der Waals surface area contributed by atoms with E-state index in [9.17, 15) is 9.90 Å². The number of amides is 1. The predicted octanol–water partition coefficient (Wildman–Crippen LogP) is 3.93. The zero-order valence-electron chi connectivity index (χ0n) is 15.8. The number of carbonyl (C=O) groups excluding carboxylic acids is 1. The number of nitrogens with one attached hydrogen (secondary N) is 1. The van der Waals surface area contributed by atoms with Crippen LogP contribution in [0.1, 0.15) is 41.7 Å². The van der Waals surface area contributed by atoms with Gasteiger partial charge in [-0.2, -0.15) is 5.26 Å². The summed E-state index contributed by atoms with van der Waals surface area (Å²) in [7, 11) is 0. The fourth-order valence-corrected chi connectivity index (χ4v) is 3.55. The maximum Gasteiger partial charge on any atom is 0.270 e. The Hall–Kier alpha value is -3.43. The standard InChI is InChI=1S/C23H21N3O3/c24-14-15-5-8-17(9-6-15)29-18-10-12-19-16(13-18)7-11-21(25-19)23(28)26-20-3-1-2-4-22(20)27/h5-13,20,22,27H,1-4H2,(H,26,28). The Kier molecular flexibility index (Phi) is 5.41. The average Bonchev–Trinajstić information content (AvgIpc) is 2.75. The third kappa shape index (κ3) is 4.36. The summed E-state index contributed by atoms with van der Waals surface area (Å²) in [6.45, 7) is 0. The fourth-order valence-electron chi connectivity index (χ4n) is 3.55. The maximum atomic E-state index is 12.5. The second-order valence-electron chi connectivity index (χ2n) is 7.22. The number of nitriles is 1. The SMILES string of the molecule is N#Cc1ccc(Oc2ccc3nc(C(=O)NC4CCCCC4O)ccc3c2)cc1. The molecule has 1 saturated carbocycles. The highest BCUT2D eigenvalue weighted by atomic mass is 16.5. The minimum atomic E-state index is -0.491. The van der Waals surface area contributed by atoms with Gasteiger partial charge in [0.2, 0.25) is 0 Å². The number of pyridine rings is 1. The number of benzene rings is 2. The van der Waals surface area contributed by atoms with Crippen LogP contribution in [0, 0.1) is 11.3 Å². The molecule has 1 amide bonds. The molecule has 146 valence electrons. The van der Waals surface area contributed by atoms with Crippen molar-refractivity contribution >= 4 is 16.8 Å². The van der Waals surface area contributed by atoms with Crippen LogP contribution in [0.25, 0.3) is 10.9 Å². The van der Waals surface area contributed by atoms with E-state index < -0.39 is 6.10 Å². The fraction of sp³-hybridized carbons (Fsp3) is 0.261. The van der Waals surface area contributed by atoms with Gasteiger partial charge >= 0.3 is 0 Å². The summed E-state index contributed by atoms with van der Waals surface area (Å²) < 4.78 is 5.83. The highest BCUT2D eigenvalue weighted by Gasteiger charge is 2.25. The summed E-state index contributed by atoms with van der Waals surface area (Å²) in [6.07, 6.45) is 3.02. The van der Waals surface area contributed by atoms with E-state index in [2.05, 4.69) is 16.4 Å². The van der Waals surface area contributed by atoms with Crippen molar-refractivity contribution in [3.8, 4) is 17.6 Å². The topological polar surface area (TPSA) is 95.2 Å². The Morgan fingerprint density at radius 3 is 2.59 bits per heavy atom. The molecule has 6 nitrogen and oxygen atoms in total. The lowest BCUT2D eigenvalue weighted by Gasteiger charge is -2.28. The summed E-state index contributed by atoms with van der Waals surface area (Å²) >= 11 is 0. The number of hydrogen-bond donors (Lipinski definition) is 2. The molecule has 0 saturated heterocycles. The Labute approximate surface area is 168 Å². The number of carbonyl (C=O) groups is 1. The monoisotopic (exact) mass is 387 g/mol. The first-order valence-corrected chi connectivity index (χ1v) is 9.70. The molecule has 3 aromatic rings. The molecule has 6 heteroatoms. The van der Waals surface area contributed by atoms with Gasteiger partial charge in [-0.05, 0) is 61.4 Å². The summed E-state index contributed by atoms with van der Waals surface area (Å²) in [5, 5.41) is 22.7. The zero-order chi connectivity index (χ0) is 20.2. The normalized spacial score (nSPS) is 18.8. The molecular formula is C23H21N3O3. The lowest BCUT2D eigenvalue weighted by atomic mass is 9.92. The molecule has 0 bridgehead atoms. The number of nitrogens with zero attached hydrogens (tertiary/aromatic N) is 2. The summed E-state index contributed by atoms with van der Waals surface area (Å²) in [5.74, 6) is 1.01. The minimum absolute atomic E-state index is 0.211. The van der Waals surface area contributed by atoms with Gasteiger partial charge in [0.05, 0.1) is 29.3 Å². The number of aromatic nitrogens is 1. The first-order valence-electron chi connectivity index (χ1n) is 9.70. The Bertz CT molecular complexity index is 1070. The van der Waals surface area contributed by atoms with Gasteiger partial charge in [-0.15, -0.1) is 0 Å². The van der Waals surface area contributed by atoms with E-state index >= 15 is 0 Å². The van der Waals surface area contributed by atoms with Crippen molar-refractivity contribution in [1.29, 1.82) is 5.26 Å². The van der Waals surface area contributed by atoms with Crippen LogP contribution >= 0.6 is 0 Å².